The third kappa shape index (κ3) is 6.71. The van der Waals surface area contributed by atoms with E-state index < -0.39 is 10.0 Å². The van der Waals surface area contributed by atoms with Crippen molar-refractivity contribution in [3.63, 3.8) is 0 Å². The fraction of sp³-hybridized carbons (Fsp3) is 0.632. The Bertz CT molecular complexity index is 777. The average Bonchev–Trinajstić information content (AvgIpc) is 2.72. The van der Waals surface area contributed by atoms with Crippen molar-refractivity contribution in [2.75, 3.05) is 51.8 Å². The monoisotopic (exact) mass is 553 g/mol. The van der Waals surface area contributed by atoms with E-state index in [0.717, 1.165) is 36.8 Å². The minimum Gasteiger partial charge on any atom is -0.353 e. The van der Waals surface area contributed by atoms with E-state index in [1.807, 2.05) is 30.9 Å². The number of likely N-dealkylation sites (N-methyl/N-ethyl adjacent to an activating group) is 1. The quantitative estimate of drug-likeness (QED) is 0.329. The second kappa shape index (κ2) is 11.7. The molecule has 7 nitrogen and oxygen atoms in total. The van der Waals surface area contributed by atoms with Crippen LogP contribution in [0.15, 0.2) is 34.2 Å². The van der Waals surface area contributed by atoms with Crippen LogP contribution in [0.3, 0.4) is 0 Å². The zero-order chi connectivity index (χ0) is 20.0. The molecule has 0 aromatic heterocycles. The lowest BCUT2D eigenvalue weighted by atomic mass is 10.2. The molecule has 2 aliphatic heterocycles. The molecule has 0 bridgehead atoms. The number of sulfonamides is 1. The maximum absolute atomic E-state index is 13.2. The minimum absolute atomic E-state index is 0. The average molecular weight is 554 g/mol. The highest BCUT2D eigenvalue weighted by Crippen LogP contribution is 2.21. The van der Waals surface area contributed by atoms with Gasteiger partial charge < -0.3 is 15.5 Å². The molecule has 2 saturated heterocycles. The lowest BCUT2D eigenvalue weighted by molar-refractivity contribution is 0.222. The van der Waals surface area contributed by atoms with Gasteiger partial charge in [-0.05, 0) is 37.3 Å². The van der Waals surface area contributed by atoms with E-state index in [9.17, 15) is 8.42 Å². The Morgan fingerprint density at radius 2 is 1.97 bits per heavy atom. The van der Waals surface area contributed by atoms with Gasteiger partial charge in [0.05, 0.1) is 4.90 Å². The third-order valence-electron chi connectivity index (χ3n) is 5.22. The topological polar surface area (TPSA) is 77.0 Å². The standard InChI is InChI=1S/C19H31N5O2S2.HI/c1-20-19(22-17-7-5-13-27-15-17)21-14-16-6-3-4-8-18(16)28(25,26)24-11-9-23(2)10-12-24;/h3-4,6,8,17H,5,7,9-15H2,1-2H3,(H2,20,21,22);1H. The summed E-state index contributed by atoms with van der Waals surface area (Å²) in [4.78, 5) is 6.84. The summed E-state index contributed by atoms with van der Waals surface area (Å²) in [6.07, 6.45) is 2.35. The van der Waals surface area contributed by atoms with Gasteiger partial charge in [-0.2, -0.15) is 16.1 Å². The first kappa shape index (κ1) is 24.7. The van der Waals surface area contributed by atoms with Gasteiger partial charge in [-0.1, -0.05) is 18.2 Å². The maximum Gasteiger partial charge on any atom is 0.243 e. The molecular weight excluding hydrogens is 521 g/mol. The van der Waals surface area contributed by atoms with Gasteiger partial charge in [-0.25, -0.2) is 8.42 Å². The molecule has 1 aromatic rings. The molecule has 0 spiro atoms. The van der Waals surface area contributed by atoms with E-state index in [-0.39, 0.29) is 24.0 Å². The van der Waals surface area contributed by atoms with Gasteiger partial charge in [0.15, 0.2) is 5.96 Å². The highest BCUT2D eigenvalue weighted by molar-refractivity contribution is 14.0. The van der Waals surface area contributed by atoms with Crippen molar-refractivity contribution in [2.24, 2.45) is 4.99 Å². The smallest absolute Gasteiger partial charge is 0.243 e. The maximum atomic E-state index is 13.2. The van der Waals surface area contributed by atoms with Crippen molar-refractivity contribution in [3.05, 3.63) is 29.8 Å². The Balaban J connectivity index is 0.00000300. The molecule has 0 aliphatic carbocycles. The molecule has 1 aromatic carbocycles. The number of nitrogens with zero attached hydrogens (tertiary/aromatic N) is 3. The van der Waals surface area contributed by atoms with Crippen molar-refractivity contribution >= 4 is 51.7 Å². The van der Waals surface area contributed by atoms with E-state index in [0.29, 0.717) is 30.6 Å². The van der Waals surface area contributed by atoms with Crippen LogP contribution >= 0.6 is 35.7 Å². The van der Waals surface area contributed by atoms with Gasteiger partial charge in [0, 0.05) is 51.6 Å². The molecule has 2 N–H and O–H groups in total. The second-order valence-corrected chi connectivity index (χ2v) is 10.4. The highest BCUT2D eigenvalue weighted by Gasteiger charge is 2.29. The van der Waals surface area contributed by atoms with Crippen LogP contribution in [0.4, 0.5) is 0 Å². The molecule has 2 aliphatic rings. The fourth-order valence-electron chi connectivity index (χ4n) is 3.49. The summed E-state index contributed by atoms with van der Waals surface area (Å²) in [5, 5.41) is 6.75. The third-order valence-corrected chi connectivity index (χ3v) is 8.44. The number of rotatable bonds is 5. The lowest BCUT2D eigenvalue weighted by Crippen LogP contribution is -2.47. The van der Waals surface area contributed by atoms with E-state index >= 15 is 0 Å². The van der Waals surface area contributed by atoms with Crippen LogP contribution in [0.1, 0.15) is 18.4 Å². The van der Waals surface area contributed by atoms with Crippen LogP contribution in [0, 0.1) is 0 Å². The first-order valence-electron chi connectivity index (χ1n) is 9.82. The molecule has 10 heteroatoms. The first-order chi connectivity index (χ1) is 13.5. The summed E-state index contributed by atoms with van der Waals surface area (Å²) in [6, 6.07) is 7.67. The van der Waals surface area contributed by atoms with Gasteiger partial charge in [0.25, 0.3) is 0 Å². The minimum atomic E-state index is -3.49. The number of benzene rings is 1. The Kier molecular flexibility index (Phi) is 9.99. The number of halogens is 1. The molecule has 0 amide bonds. The van der Waals surface area contributed by atoms with Crippen molar-refractivity contribution in [2.45, 2.75) is 30.3 Å². The Morgan fingerprint density at radius 1 is 1.24 bits per heavy atom. The molecule has 1 unspecified atom stereocenters. The number of hydrogen-bond donors (Lipinski definition) is 2. The van der Waals surface area contributed by atoms with Crippen LogP contribution in [0.25, 0.3) is 0 Å². The van der Waals surface area contributed by atoms with Crippen LogP contribution < -0.4 is 10.6 Å². The van der Waals surface area contributed by atoms with Gasteiger partial charge in [0.2, 0.25) is 10.0 Å². The number of thioether (sulfide) groups is 1. The van der Waals surface area contributed by atoms with Gasteiger partial charge in [0.1, 0.15) is 0 Å². The predicted octanol–water partition coefficient (Wildman–Crippen LogP) is 1.80. The highest BCUT2D eigenvalue weighted by atomic mass is 127. The van der Waals surface area contributed by atoms with Crippen LogP contribution in [-0.2, 0) is 16.6 Å². The molecule has 2 heterocycles. The summed E-state index contributed by atoms with van der Waals surface area (Å²) >= 11 is 1.96. The van der Waals surface area contributed by atoms with Crippen LogP contribution in [-0.4, -0.2) is 81.4 Å². The van der Waals surface area contributed by atoms with Gasteiger partial charge in [-0.3, -0.25) is 4.99 Å². The number of piperazine rings is 1. The number of hydrogen-bond acceptors (Lipinski definition) is 5. The molecular formula is C19H32IN5O2S2. The Morgan fingerprint density at radius 3 is 2.62 bits per heavy atom. The Hall–Kier alpha value is -0.560. The van der Waals surface area contributed by atoms with Gasteiger partial charge in [-0.15, -0.1) is 24.0 Å². The van der Waals surface area contributed by atoms with E-state index in [2.05, 4.69) is 20.5 Å². The van der Waals surface area contributed by atoms with Crippen molar-refractivity contribution in [3.8, 4) is 0 Å². The number of aliphatic imine (C=N–C) groups is 1. The zero-order valence-corrected chi connectivity index (χ0v) is 21.1. The summed E-state index contributed by atoms with van der Waals surface area (Å²) in [5.74, 6) is 3.02. The van der Waals surface area contributed by atoms with E-state index in [1.54, 1.807) is 23.5 Å². The predicted molar refractivity (Wildman–Crippen MR) is 132 cm³/mol. The summed E-state index contributed by atoms with van der Waals surface area (Å²) in [5.41, 5.74) is 0.766. The molecule has 2 fully saturated rings. The number of nitrogens with one attached hydrogen (secondary N) is 2. The molecule has 164 valence electrons. The van der Waals surface area contributed by atoms with Crippen LogP contribution in [0.2, 0.25) is 0 Å². The van der Waals surface area contributed by atoms with E-state index in [1.165, 1.54) is 12.2 Å². The van der Waals surface area contributed by atoms with E-state index in [4.69, 9.17) is 0 Å². The van der Waals surface area contributed by atoms with Crippen LogP contribution in [0.5, 0.6) is 0 Å². The molecule has 1 atom stereocenters. The van der Waals surface area contributed by atoms with Crippen molar-refractivity contribution in [1.82, 2.24) is 19.8 Å². The van der Waals surface area contributed by atoms with Gasteiger partial charge >= 0.3 is 0 Å². The Labute approximate surface area is 196 Å². The summed E-state index contributed by atoms with van der Waals surface area (Å²) < 4.78 is 27.9. The largest absolute Gasteiger partial charge is 0.353 e. The number of guanidine groups is 1. The first-order valence-corrected chi connectivity index (χ1v) is 12.4. The molecule has 0 saturated carbocycles. The molecule has 3 rings (SSSR count). The fourth-order valence-corrected chi connectivity index (χ4v) is 6.21. The molecule has 29 heavy (non-hydrogen) atoms. The van der Waals surface area contributed by atoms with Crippen molar-refractivity contribution < 1.29 is 8.42 Å². The summed E-state index contributed by atoms with van der Waals surface area (Å²) in [6.45, 7) is 3.00. The zero-order valence-electron chi connectivity index (χ0n) is 17.1. The lowest BCUT2D eigenvalue weighted by Gasteiger charge is -2.32. The normalized spacial score (nSPS) is 22.0. The SMILES string of the molecule is CN=C(NCc1ccccc1S(=O)(=O)N1CCN(C)CC1)NC1CCCSC1.I. The second-order valence-electron chi connectivity index (χ2n) is 7.30. The van der Waals surface area contributed by atoms with Crippen molar-refractivity contribution in [1.29, 1.82) is 0 Å². The molecule has 0 radical (unpaired) electrons. The summed E-state index contributed by atoms with van der Waals surface area (Å²) in [7, 11) is 0.272.